The van der Waals surface area contributed by atoms with Crippen molar-refractivity contribution in [2.75, 3.05) is 7.05 Å². The van der Waals surface area contributed by atoms with Crippen LogP contribution in [0.15, 0.2) is 40.8 Å². The van der Waals surface area contributed by atoms with Gasteiger partial charge in [0.25, 0.3) is 5.90 Å². The zero-order chi connectivity index (χ0) is 22.5. The fourth-order valence-electron chi connectivity index (χ4n) is 2.03. The predicted molar refractivity (Wildman–Crippen MR) is 100 cm³/mol. The van der Waals surface area contributed by atoms with Crippen molar-refractivity contribution in [1.29, 1.82) is 0 Å². The van der Waals surface area contributed by atoms with Crippen LogP contribution in [0.25, 0.3) is 0 Å². The molecule has 2 rings (SSSR count). The van der Waals surface area contributed by atoms with Crippen LogP contribution in [0.3, 0.4) is 0 Å². The minimum atomic E-state index is -4.90. The van der Waals surface area contributed by atoms with Gasteiger partial charge in [-0.1, -0.05) is 17.7 Å². The van der Waals surface area contributed by atoms with Crippen molar-refractivity contribution in [3.05, 3.63) is 58.4 Å². The number of halogens is 6. The highest BCUT2D eigenvalue weighted by atomic mass is 35.5. The van der Waals surface area contributed by atoms with E-state index in [1.54, 1.807) is 0 Å². The van der Waals surface area contributed by atoms with E-state index in [1.807, 2.05) is 4.72 Å². The number of alkyl halides is 3. The minimum absolute atomic E-state index is 0.102. The first-order valence-electron chi connectivity index (χ1n) is 7.73. The van der Waals surface area contributed by atoms with Crippen LogP contribution in [0, 0.1) is 5.82 Å². The number of hydrogen-bond acceptors (Lipinski definition) is 5. The molecule has 0 radical (unpaired) electrons. The lowest BCUT2D eigenvalue weighted by atomic mass is 10.1. The molecule has 0 saturated heterocycles. The molecule has 164 valence electrons. The van der Waals surface area contributed by atoms with E-state index in [0.29, 0.717) is 5.56 Å². The molecule has 1 N–H and O–H groups in total. The maximum Gasteiger partial charge on any atom is 0.573 e. The molecule has 30 heavy (non-hydrogen) atoms. The molecule has 14 heteroatoms. The quantitative estimate of drug-likeness (QED) is 0.354. The van der Waals surface area contributed by atoms with Gasteiger partial charge in [-0.3, -0.25) is 0 Å². The SMILES string of the molecule is CNS(=O)(=O)N=C(OCl)c1ccc(COc2ccc(OC(F)(F)F)c(Cl)c2)cc1F. The van der Waals surface area contributed by atoms with E-state index in [4.69, 9.17) is 28.2 Å². The van der Waals surface area contributed by atoms with Gasteiger partial charge in [-0.05, 0) is 29.8 Å². The molecule has 7 nitrogen and oxygen atoms in total. The molecule has 0 amide bonds. The highest BCUT2D eigenvalue weighted by molar-refractivity contribution is 7.88. The first-order valence-corrected chi connectivity index (χ1v) is 9.85. The topological polar surface area (TPSA) is 86.2 Å². The number of nitrogens with zero attached hydrogens (tertiary/aromatic N) is 1. The van der Waals surface area contributed by atoms with Crippen molar-refractivity contribution in [3.63, 3.8) is 0 Å². The summed E-state index contributed by atoms with van der Waals surface area (Å²) in [5, 5.41) is -0.336. The summed E-state index contributed by atoms with van der Waals surface area (Å²) in [6.45, 7) is -0.184. The second kappa shape index (κ2) is 9.69. The van der Waals surface area contributed by atoms with E-state index in [0.717, 1.165) is 31.3 Å². The summed E-state index contributed by atoms with van der Waals surface area (Å²) in [6.07, 6.45) is -4.90. The smallest absolute Gasteiger partial charge is 0.489 e. The van der Waals surface area contributed by atoms with E-state index in [9.17, 15) is 26.0 Å². The minimum Gasteiger partial charge on any atom is -0.489 e. The number of hydrogen-bond donors (Lipinski definition) is 1. The van der Waals surface area contributed by atoms with Gasteiger partial charge in [-0.25, -0.2) is 4.39 Å². The van der Waals surface area contributed by atoms with Crippen LogP contribution in [0.5, 0.6) is 11.5 Å². The zero-order valence-electron chi connectivity index (χ0n) is 14.8. The van der Waals surface area contributed by atoms with Gasteiger partial charge in [-0.15, -0.1) is 17.6 Å². The van der Waals surface area contributed by atoms with E-state index < -0.39 is 34.0 Å². The molecule has 2 aromatic rings. The fourth-order valence-corrected chi connectivity index (χ4v) is 2.84. The Kier molecular flexibility index (Phi) is 7.75. The fraction of sp³-hybridized carbons (Fsp3) is 0.188. The van der Waals surface area contributed by atoms with Crippen LogP contribution in [0.2, 0.25) is 5.02 Å². The maximum atomic E-state index is 14.3. The van der Waals surface area contributed by atoms with Crippen LogP contribution in [0.1, 0.15) is 11.1 Å². The molecule has 0 saturated carbocycles. The number of benzene rings is 2. The molecule has 0 unspecified atom stereocenters. The molecular formula is C16H12Cl2F4N2O5S. The molecular weight excluding hydrogens is 479 g/mol. The Balaban J connectivity index is 2.14. The zero-order valence-corrected chi connectivity index (χ0v) is 17.2. The largest absolute Gasteiger partial charge is 0.573 e. The van der Waals surface area contributed by atoms with Crippen molar-refractivity contribution < 1.29 is 39.7 Å². The van der Waals surface area contributed by atoms with Crippen molar-refractivity contribution in [2.24, 2.45) is 4.40 Å². The lowest BCUT2D eigenvalue weighted by Crippen LogP contribution is -2.19. The van der Waals surface area contributed by atoms with Gasteiger partial charge in [0, 0.05) is 13.1 Å². The van der Waals surface area contributed by atoms with Gasteiger partial charge in [0.05, 0.1) is 10.6 Å². The Morgan fingerprint density at radius 2 is 1.90 bits per heavy atom. The molecule has 0 aliphatic heterocycles. The van der Waals surface area contributed by atoms with Gasteiger partial charge in [0.15, 0.2) is 0 Å². The van der Waals surface area contributed by atoms with Crippen LogP contribution in [0.4, 0.5) is 17.6 Å². The maximum absolute atomic E-state index is 14.3. The summed E-state index contributed by atoms with van der Waals surface area (Å²) in [5.41, 5.74) is -0.0299. The predicted octanol–water partition coefficient (Wildman–Crippen LogP) is 4.34. The highest BCUT2D eigenvalue weighted by Crippen LogP contribution is 2.33. The summed E-state index contributed by atoms with van der Waals surface area (Å²) < 4.78 is 92.4. The van der Waals surface area contributed by atoms with Crippen molar-refractivity contribution in [2.45, 2.75) is 13.0 Å². The Hall–Kier alpha value is -2.28. The average molecular weight is 491 g/mol. The second-order valence-electron chi connectivity index (χ2n) is 5.40. The normalized spacial score (nSPS) is 12.6. The van der Waals surface area contributed by atoms with E-state index >= 15 is 0 Å². The summed E-state index contributed by atoms with van der Waals surface area (Å²) in [7, 11) is -3.03. The Bertz CT molecular complexity index is 1050. The van der Waals surface area contributed by atoms with Crippen LogP contribution >= 0.6 is 23.5 Å². The molecule has 0 spiro atoms. The Morgan fingerprint density at radius 3 is 2.43 bits per heavy atom. The third-order valence-electron chi connectivity index (χ3n) is 3.33. The summed E-state index contributed by atoms with van der Waals surface area (Å²) in [6, 6.07) is 6.80. The second-order valence-corrected chi connectivity index (χ2v) is 7.50. The standard InChI is InChI=1S/C16H12Cl2F4N2O5S/c1-23-30(25,26)24-15(29-18)11-4-2-9(6-13(11)19)8-27-10-3-5-14(12(17)7-10)28-16(20,21)22/h2-7,23H,8H2,1H3. The molecule has 0 aliphatic rings. The van der Waals surface area contributed by atoms with Crippen LogP contribution in [-0.4, -0.2) is 27.7 Å². The van der Waals surface area contributed by atoms with Gasteiger partial charge in [0.1, 0.15) is 35.8 Å². The number of rotatable bonds is 7. The number of ether oxygens (including phenoxy) is 2. The average Bonchev–Trinajstić information content (AvgIpc) is 2.66. The van der Waals surface area contributed by atoms with Crippen LogP contribution in [-0.2, 0) is 21.1 Å². The van der Waals surface area contributed by atoms with E-state index in [2.05, 4.69) is 13.4 Å². The lowest BCUT2D eigenvalue weighted by Gasteiger charge is -2.12. The molecule has 0 heterocycles. The Morgan fingerprint density at radius 1 is 1.20 bits per heavy atom. The third-order valence-corrected chi connectivity index (χ3v) is 4.70. The summed E-state index contributed by atoms with van der Waals surface area (Å²) in [5.74, 6) is -2.10. The Labute approximate surface area is 178 Å². The monoisotopic (exact) mass is 490 g/mol. The molecule has 0 aromatic heterocycles. The lowest BCUT2D eigenvalue weighted by molar-refractivity contribution is -0.274. The molecule has 0 atom stereocenters. The molecule has 0 aliphatic carbocycles. The third kappa shape index (κ3) is 6.90. The molecule has 2 aromatic carbocycles. The molecule has 0 bridgehead atoms. The number of nitrogens with one attached hydrogen (secondary N) is 1. The highest BCUT2D eigenvalue weighted by Gasteiger charge is 2.32. The van der Waals surface area contributed by atoms with E-state index in [1.165, 1.54) is 12.1 Å². The van der Waals surface area contributed by atoms with Crippen LogP contribution < -0.4 is 14.2 Å². The van der Waals surface area contributed by atoms with Crippen molar-refractivity contribution >= 4 is 39.6 Å². The molecule has 0 fully saturated rings. The summed E-state index contributed by atoms with van der Waals surface area (Å²) >= 11 is 10.9. The van der Waals surface area contributed by atoms with Crippen molar-refractivity contribution in [3.8, 4) is 11.5 Å². The van der Waals surface area contributed by atoms with Gasteiger partial charge >= 0.3 is 16.6 Å². The first kappa shape index (κ1) is 24.0. The van der Waals surface area contributed by atoms with Gasteiger partial charge in [0.2, 0.25) is 0 Å². The first-order chi connectivity index (χ1) is 13.9. The van der Waals surface area contributed by atoms with E-state index in [-0.39, 0.29) is 22.9 Å². The van der Waals surface area contributed by atoms with Gasteiger partial charge in [-0.2, -0.15) is 13.1 Å². The van der Waals surface area contributed by atoms with Gasteiger partial charge < -0.3 is 13.8 Å². The summed E-state index contributed by atoms with van der Waals surface area (Å²) in [4.78, 5) is 0. The van der Waals surface area contributed by atoms with Crippen molar-refractivity contribution in [1.82, 2.24) is 4.72 Å².